The summed E-state index contributed by atoms with van der Waals surface area (Å²) in [7, 11) is -2.28. The van der Waals surface area contributed by atoms with Gasteiger partial charge in [-0.25, -0.2) is 8.42 Å². The molecule has 7 nitrogen and oxygen atoms in total. The van der Waals surface area contributed by atoms with E-state index in [0.717, 1.165) is 10.8 Å². The third kappa shape index (κ3) is 5.13. The molecule has 4 aromatic rings. The monoisotopic (exact) mass is 476 g/mol. The molecule has 0 aliphatic carbocycles. The van der Waals surface area contributed by atoms with Crippen molar-refractivity contribution in [2.75, 3.05) is 23.8 Å². The highest BCUT2D eigenvalue weighted by atomic mass is 32.2. The Kier molecular flexibility index (Phi) is 6.70. The summed E-state index contributed by atoms with van der Waals surface area (Å²) in [6, 6.07) is 23.9. The van der Waals surface area contributed by atoms with E-state index in [1.165, 1.54) is 31.4 Å². The van der Waals surface area contributed by atoms with Crippen LogP contribution in [-0.2, 0) is 10.0 Å². The van der Waals surface area contributed by atoms with E-state index in [4.69, 9.17) is 9.47 Å². The number of benzene rings is 4. The Labute approximate surface area is 198 Å². The van der Waals surface area contributed by atoms with Crippen LogP contribution in [0.5, 0.6) is 11.5 Å². The molecule has 2 N–H and O–H groups in total. The second-order valence-corrected chi connectivity index (χ2v) is 9.12. The van der Waals surface area contributed by atoms with Crippen LogP contribution in [0.3, 0.4) is 0 Å². The van der Waals surface area contributed by atoms with Gasteiger partial charge >= 0.3 is 0 Å². The predicted octanol–water partition coefficient (Wildman–Crippen LogP) is 5.30. The fourth-order valence-corrected chi connectivity index (χ4v) is 4.54. The van der Waals surface area contributed by atoms with Crippen molar-refractivity contribution in [3.63, 3.8) is 0 Å². The standard InChI is InChI=1S/C26H24N2O5S/c1-3-33-22-12-8-21(9-13-22)28-34(30,31)23-14-10-20(11-15-23)27-26(29)24-16-18-6-4-5-7-19(18)17-25(24)32-2/h4-17,28H,3H2,1-2H3,(H,27,29). The van der Waals surface area contributed by atoms with E-state index in [2.05, 4.69) is 10.0 Å². The van der Waals surface area contributed by atoms with Gasteiger partial charge in [-0.3, -0.25) is 9.52 Å². The second kappa shape index (κ2) is 9.84. The first-order valence-corrected chi connectivity index (χ1v) is 12.1. The Balaban J connectivity index is 1.49. The summed E-state index contributed by atoms with van der Waals surface area (Å²) < 4.78 is 38.8. The molecule has 0 atom stereocenters. The van der Waals surface area contributed by atoms with Crippen LogP contribution in [-0.4, -0.2) is 28.0 Å². The van der Waals surface area contributed by atoms with Crippen molar-refractivity contribution in [1.29, 1.82) is 0 Å². The molecule has 0 aliphatic rings. The van der Waals surface area contributed by atoms with Crippen LogP contribution >= 0.6 is 0 Å². The molecule has 0 radical (unpaired) electrons. The molecule has 34 heavy (non-hydrogen) atoms. The van der Waals surface area contributed by atoms with Gasteiger partial charge < -0.3 is 14.8 Å². The van der Waals surface area contributed by atoms with E-state index in [1.54, 1.807) is 30.3 Å². The van der Waals surface area contributed by atoms with Gasteiger partial charge in [0.25, 0.3) is 15.9 Å². The molecule has 0 saturated heterocycles. The van der Waals surface area contributed by atoms with E-state index in [1.807, 2.05) is 37.3 Å². The summed E-state index contributed by atoms with van der Waals surface area (Å²) in [4.78, 5) is 13.0. The van der Waals surface area contributed by atoms with Crippen LogP contribution in [0.15, 0.2) is 89.8 Å². The van der Waals surface area contributed by atoms with Gasteiger partial charge in [0.2, 0.25) is 0 Å². The molecule has 8 heteroatoms. The first kappa shape index (κ1) is 23.1. The molecular weight excluding hydrogens is 452 g/mol. The highest BCUT2D eigenvalue weighted by Crippen LogP contribution is 2.27. The van der Waals surface area contributed by atoms with Gasteiger partial charge in [-0.15, -0.1) is 0 Å². The second-order valence-electron chi connectivity index (χ2n) is 7.44. The average Bonchev–Trinajstić information content (AvgIpc) is 2.84. The number of carbonyl (C=O) groups is 1. The number of hydrogen-bond acceptors (Lipinski definition) is 5. The summed E-state index contributed by atoms with van der Waals surface area (Å²) in [5.74, 6) is 0.759. The number of rotatable bonds is 8. The minimum Gasteiger partial charge on any atom is -0.496 e. The number of carbonyl (C=O) groups excluding carboxylic acids is 1. The molecule has 0 aromatic heterocycles. The molecule has 1 amide bonds. The lowest BCUT2D eigenvalue weighted by molar-refractivity contribution is 0.102. The minimum absolute atomic E-state index is 0.0719. The Morgan fingerprint density at radius 3 is 2.09 bits per heavy atom. The van der Waals surface area contributed by atoms with E-state index in [-0.39, 0.29) is 10.8 Å². The van der Waals surface area contributed by atoms with E-state index < -0.39 is 10.0 Å². The molecule has 0 fully saturated rings. The molecule has 4 rings (SSSR count). The Hall–Kier alpha value is -4.04. The van der Waals surface area contributed by atoms with Gasteiger partial charge in [-0.2, -0.15) is 0 Å². The number of amides is 1. The SMILES string of the molecule is CCOc1ccc(NS(=O)(=O)c2ccc(NC(=O)c3cc4ccccc4cc3OC)cc2)cc1. The van der Waals surface area contributed by atoms with Gasteiger partial charge in [-0.1, -0.05) is 24.3 Å². The Morgan fingerprint density at radius 1 is 0.853 bits per heavy atom. The highest BCUT2D eigenvalue weighted by Gasteiger charge is 2.17. The molecule has 174 valence electrons. The summed E-state index contributed by atoms with van der Waals surface area (Å²) in [6.07, 6.45) is 0. The van der Waals surface area contributed by atoms with Gasteiger partial charge in [-0.05, 0) is 78.4 Å². The number of fused-ring (bicyclic) bond motifs is 1. The maximum atomic E-state index is 12.9. The van der Waals surface area contributed by atoms with Crippen molar-refractivity contribution < 1.29 is 22.7 Å². The largest absolute Gasteiger partial charge is 0.496 e. The van der Waals surface area contributed by atoms with Gasteiger partial charge in [0.05, 0.1) is 24.2 Å². The van der Waals surface area contributed by atoms with Crippen LogP contribution in [0.1, 0.15) is 17.3 Å². The molecular formula is C26H24N2O5S. The number of ether oxygens (including phenoxy) is 2. The molecule has 0 unspecified atom stereocenters. The number of methoxy groups -OCH3 is 1. The van der Waals surface area contributed by atoms with Crippen molar-refractivity contribution in [3.05, 3.63) is 90.5 Å². The predicted molar refractivity (Wildman–Crippen MR) is 133 cm³/mol. The summed E-state index contributed by atoms with van der Waals surface area (Å²) in [5, 5.41) is 4.67. The first-order valence-electron chi connectivity index (χ1n) is 10.6. The molecule has 0 aliphatic heterocycles. The summed E-state index contributed by atoms with van der Waals surface area (Å²) in [6.45, 7) is 2.41. The van der Waals surface area contributed by atoms with Gasteiger partial charge in [0.15, 0.2) is 0 Å². The van der Waals surface area contributed by atoms with Crippen molar-refractivity contribution in [1.82, 2.24) is 0 Å². The maximum absolute atomic E-state index is 12.9. The third-order valence-electron chi connectivity index (χ3n) is 5.15. The number of hydrogen-bond donors (Lipinski definition) is 2. The summed E-state index contributed by atoms with van der Waals surface area (Å²) >= 11 is 0. The molecule has 4 aromatic carbocycles. The lowest BCUT2D eigenvalue weighted by Crippen LogP contribution is -2.15. The minimum atomic E-state index is -3.79. The van der Waals surface area contributed by atoms with Crippen molar-refractivity contribution in [2.24, 2.45) is 0 Å². The average molecular weight is 477 g/mol. The number of sulfonamides is 1. The molecule has 0 spiro atoms. The zero-order chi connectivity index (χ0) is 24.1. The first-order chi connectivity index (χ1) is 16.4. The zero-order valence-electron chi connectivity index (χ0n) is 18.7. The molecule has 0 bridgehead atoms. The maximum Gasteiger partial charge on any atom is 0.261 e. The van der Waals surface area contributed by atoms with Crippen LogP contribution in [0.4, 0.5) is 11.4 Å². The van der Waals surface area contributed by atoms with Crippen LogP contribution < -0.4 is 19.5 Å². The summed E-state index contributed by atoms with van der Waals surface area (Å²) in [5.41, 5.74) is 1.26. The van der Waals surface area contributed by atoms with Crippen LogP contribution in [0.25, 0.3) is 10.8 Å². The van der Waals surface area contributed by atoms with E-state index in [9.17, 15) is 13.2 Å². The highest BCUT2D eigenvalue weighted by molar-refractivity contribution is 7.92. The van der Waals surface area contributed by atoms with Gasteiger partial charge in [0.1, 0.15) is 11.5 Å². The molecule has 0 saturated carbocycles. The Morgan fingerprint density at radius 2 is 1.47 bits per heavy atom. The fourth-order valence-electron chi connectivity index (χ4n) is 3.48. The van der Waals surface area contributed by atoms with Crippen LogP contribution in [0, 0.1) is 0 Å². The van der Waals surface area contributed by atoms with Crippen molar-refractivity contribution in [2.45, 2.75) is 11.8 Å². The van der Waals surface area contributed by atoms with E-state index in [0.29, 0.717) is 35.0 Å². The third-order valence-corrected chi connectivity index (χ3v) is 6.55. The zero-order valence-corrected chi connectivity index (χ0v) is 19.6. The smallest absolute Gasteiger partial charge is 0.261 e. The van der Waals surface area contributed by atoms with Crippen LogP contribution in [0.2, 0.25) is 0 Å². The van der Waals surface area contributed by atoms with Crippen molar-refractivity contribution >= 4 is 38.1 Å². The normalized spacial score (nSPS) is 11.1. The van der Waals surface area contributed by atoms with Crippen molar-refractivity contribution in [3.8, 4) is 11.5 Å². The van der Waals surface area contributed by atoms with Gasteiger partial charge in [0, 0.05) is 11.4 Å². The molecule has 0 heterocycles. The fraction of sp³-hybridized carbons (Fsp3) is 0.115. The number of anilines is 2. The number of nitrogens with one attached hydrogen (secondary N) is 2. The van der Waals surface area contributed by atoms with E-state index >= 15 is 0 Å². The quantitative estimate of drug-likeness (QED) is 0.360. The topological polar surface area (TPSA) is 93.7 Å². The Bertz CT molecular complexity index is 1420. The lowest BCUT2D eigenvalue weighted by Gasteiger charge is -2.12. The lowest BCUT2D eigenvalue weighted by atomic mass is 10.1.